The fourth-order valence-electron chi connectivity index (χ4n) is 8.53. The van der Waals surface area contributed by atoms with Crippen molar-refractivity contribution in [2.45, 2.75) is 207 Å². The monoisotopic (exact) mass is 952 g/mol. The number of aliphatic hydroxyl groups is 2. The van der Waals surface area contributed by atoms with E-state index >= 15 is 0 Å². The van der Waals surface area contributed by atoms with Gasteiger partial charge in [0.25, 0.3) is 6.47 Å². The second-order valence-electron chi connectivity index (χ2n) is 18.1. The molecule has 12 nitrogen and oxygen atoms in total. The molecule has 0 aromatic carbocycles. The number of hydrogen-bond acceptors (Lipinski definition) is 10. The van der Waals surface area contributed by atoms with E-state index in [1.807, 2.05) is 32.9 Å². The zero-order valence-electron chi connectivity index (χ0n) is 42.6. The van der Waals surface area contributed by atoms with Crippen LogP contribution in [-0.2, 0) is 44.5 Å². The first kappa shape index (κ1) is 61.7. The quantitative estimate of drug-likeness (QED) is 0.0554. The normalized spacial score (nSPS) is 30.7. The summed E-state index contributed by atoms with van der Waals surface area (Å²) in [4.78, 5) is 11.0. The van der Waals surface area contributed by atoms with Gasteiger partial charge in [0, 0.05) is 45.6 Å². The average molecular weight is 952 g/mol. The summed E-state index contributed by atoms with van der Waals surface area (Å²) in [6, 6.07) is 0. The van der Waals surface area contributed by atoms with Crippen LogP contribution in [0.4, 0.5) is 0 Å². The highest BCUT2D eigenvalue weighted by molar-refractivity contribution is 7.77. The van der Waals surface area contributed by atoms with Crippen molar-refractivity contribution < 1.29 is 52.2 Å². The second kappa shape index (κ2) is 37.6. The lowest BCUT2D eigenvalue weighted by Gasteiger charge is -2.33. The van der Waals surface area contributed by atoms with Gasteiger partial charge in [-0.3, -0.25) is 9.35 Å². The van der Waals surface area contributed by atoms with Crippen LogP contribution in [0.2, 0.25) is 0 Å². The number of nitrogens with one attached hydrogen (secondary N) is 1. The third kappa shape index (κ3) is 26.5. The van der Waals surface area contributed by atoms with E-state index in [2.05, 4.69) is 83.2 Å². The molecule has 4 saturated heterocycles. The highest BCUT2D eigenvalue weighted by Crippen LogP contribution is 2.37. The minimum Gasteiger partial charge on any atom is -0.464 e. The van der Waals surface area contributed by atoms with Crippen molar-refractivity contribution in [2.75, 3.05) is 33.5 Å². The number of carbonyl (C=O) groups is 1. The molecule has 0 radical (unpaired) electrons. The van der Waals surface area contributed by atoms with Gasteiger partial charge in [-0.15, -0.1) is 6.58 Å². The van der Waals surface area contributed by atoms with Gasteiger partial charge in [-0.05, 0) is 108 Å². The molecule has 0 saturated carbocycles. The zero-order valence-corrected chi connectivity index (χ0v) is 43.4. The Morgan fingerprint density at radius 3 is 2.35 bits per heavy atom. The molecule has 4 fully saturated rings. The Balaban J connectivity index is 0.000000621. The summed E-state index contributed by atoms with van der Waals surface area (Å²) in [5.74, 6) is 1.50. The fourth-order valence-corrected chi connectivity index (χ4v) is 8.79. The predicted molar refractivity (Wildman–Crippen MR) is 269 cm³/mol. The van der Waals surface area contributed by atoms with E-state index in [0.717, 1.165) is 69.7 Å². The van der Waals surface area contributed by atoms with Gasteiger partial charge in [-0.25, -0.2) is 8.93 Å². The number of methoxy groups -OCH3 is 1. The highest BCUT2D eigenvalue weighted by atomic mass is 32.2. The Kier molecular flexibility index (Phi) is 35.1. The Bertz CT molecular complexity index is 1460. The summed E-state index contributed by atoms with van der Waals surface area (Å²) < 4.78 is 53.3. The van der Waals surface area contributed by atoms with Crippen molar-refractivity contribution >= 4 is 17.7 Å². The Morgan fingerprint density at radius 1 is 1.05 bits per heavy atom. The highest BCUT2D eigenvalue weighted by Gasteiger charge is 2.39. The van der Waals surface area contributed by atoms with Crippen LogP contribution in [0.15, 0.2) is 71.9 Å². The van der Waals surface area contributed by atoms with Crippen LogP contribution in [0, 0.1) is 17.8 Å². The van der Waals surface area contributed by atoms with Crippen molar-refractivity contribution in [3.8, 4) is 0 Å². The maximum Gasteiger partial charge on any atom is 0.293 e. The second-order valence-corrected chi connectivity index (χ2v) is 18.8. The molecule has 5 aliphatic rings. The molecule has 66 heavy (non-hydrogen) atoms. The molecule has 1 aliphatic carbocycles. The fraction of sp³-hybridized carbons (Fsp3) is 0.755. The number of ether oxygens (including phenoxy) is 6. The summed E-state index contributed by atoms with van der Waals surface area (Å²) in [6.45, 7) is 25.5. The zero-order chi connectivity index (χ0) is 49.3. The largest absolute Gasteiger partial charge is 0.464 e. The molecule has 13 unspecified atom stereocenters. The molecule has 13 heteroatoms. The number of aliphatic hydroxyl groups excluding tert-OH is 2. The lowest BCUT2D eigenvalue weighted by Crippen LogP contribution is -2.36. The number of carbonyl (C=O) groups excluding carboxylic acids is 1. The van der Waals surface area contributed by atoms with Gasteiger partial charge in [0.1, 0.15) is 12.2 Å². The summed E-state index contributed by atoms with van der Waals surface area (Å²) in [5.41, 5.74) is 3.59. The minimum absolute atomic E-state index is 0.00286. The molecule has 13 atom stereocenters. The SMILES string of the molecule is C=CCNS(=O)O.CC.CCC(C)C(O)C/C=C\C1CC(OC=O)CC(C/C=C(\C)CC/C=C/C=C2\COC3C(O)C(C)=CCC23)O1.CCCC1CCOC(C)C1.COC1CCOC(C)C1. The first-order valence-electron chi connectivity index (χ1n) is 25.0. The summed E-state index contributed by atoms with van der Waals surface area (Å²) in [7, 11) is 1.77. The molecule has 0 aromatic rings. The first-order chi connectivity index (χ1) is 31.7. The summed E-state index contributed by atoms with van der Waals surface area (Å²) in [5, 5.41) is 20.5. The van der Waals surface area contributed by atoms with Crippen LogP contribution in [-0.4, -0.2) is 114 Å². The van der Waals surface area contributed by atoms with E-state index in [0.29, 0.717) is 57.2 Å². The molecule has 382 valence electrons. The van der Waals surface area contributed by atoms with Crippen LogP contribution < -0.4 is 4.72 Å². The van der Waals surface area contributed by atoms with Gasteiger partial charge in [-0.2, -0.15) is 0 Å². The first-order valence-corrected chi connectivity index (χ1v) is 26.1. The Hall–Kier alpha value is -2.30. The van der Waals surface area contributed by atoms with E-state index in [1.165, 1.54) is 42.9 Å². The van der Waals surface area contributed by atoms with Crippen molar-refractivity contribution in [3.63, 3.8) is 0 Å². The molecule has 4 N–H and O–H groups in total. The van der Waals surface area contributed by atoms with Crippen LogP contribution in [0.1, 0.15) is 152 Å². The van der Waals surface area contributed by atoms with Gasteiger partial charge in [-0.1, -0.05) is 108 Å². The third-order valence-corrected chi connectivity index (χ3v) is 13.2. The molecule has 4 aliphatic heterocycles. The Labute approximate surface area is 403 Å². The maximum absolute atomic E-state index is 11.0. The predicted octanol–water partition coefficient (Wildman–Crippen LogP) is 10.5. The standard InChI is InChI=1S/C32H48O6.C9H18O.C7H14O2.C3H7NO2S.C2H6/c1-5-23(3)30(34)13-9-12-26-18-28(37-21-33)19-27(38-26)16-14-22(2)10-7-6-8-11-25-20-36-32-29(25)17-15-24(4)31(32)35;1-3-4-9-5-6-10-8(2)7-9;1-6-5-7(8-2)3-4-9-6;1-2-3-4-7(5)6;1-2/h6,8-9,11-12,14-15,21,23,26-32,34-35H,5,7,10,13,16-20H2,1-4H3;8-9H,3-7H2,1-2H3;6-7H,3-5H2,1-2H3;2,4H,1,3H2,(H,5,6);1-2H3/b8-6+,12-9-,22-14+,25-11+;;;;. The number of rotatable bonds is 19. The number of hydrogen-bond donors (Lipinski definition) is 4. The van der Waals surface area contributed by atoms with E-state index < -0.39 is 17.4 Å². The Morgan fingerprint density at radius 2 is 1.76 bits per heavy atom. The smallest absolute Gasteiger partial charge is 0.293 e. The lowest BCUT2D eigenvalue weighted by molar-refractivity contribution is -0.144. The molecule has 0 amide bonds. The topological polar surface area (TPSA) is 162 Å². The number of fused-ring (bicyclic) bond motifs is 1. The van der Waals surface area contributed by atoms with E-state index in [9.17, 15) is 19.2 Å². The summed E-state index contributed by atoms with van der Waals surface area (Å²) in [6.07, 6.45) is 30.5. The van der Waals surface area contributed by atoms with Gasteiger partial charge in [0.05, 0.1) is 49.3 Å². The van der Waals surface area contributed by atoms with Crippen LogP contribution in [0.5, 0.6) is 0 Å². The van der Waals surface area contributed by atoms with Gasteiger partial charge >= 0.3 is 0 Å². The van der Waals surface area contributed by atoms with E-state index in [1.54, 1.807) is 7.11 Å². The van der Waals surface area contributed by atoms with Crippen molar-refractivity contribution in [2.24, 2.45) is 17.8 Å². The molecular formula is C53H93NO11S. The van der Waals surface area contributed by atoms with Crippen molar-refractivity contribution in [1.82, 2.24) is 4.72 Å². The van der Waals surface area contributed by atoms with Gasteiger partial charge in [0.2, 0.25) is 11.3 Å². The molecule has 0 bridgehead atoms. The molecular weight excluding hydrogens is 859 g/mol. The van der Waals surface area contributed by atoms with E-state index in [4.69, 9.17) is 33.0 Å². The molecule has 0 spiro atoms. The maximum atomic E-state index is 11.0. The lowest BCUT2D eigenvalue weighted by atomic mass is 9.82. The molecule has 4 heterocycles. The van der Waals surface area contributed by atoms with Crippen LogP contribution in [0.3, 0.4) is 0 Å². The average Bonchev–Trinajstić information content (AvgIpc) is 3.73. The molecule has 5 rings (SSSR count). The molecule has 0 aromatic heterocycles. The van der Waals surface area contributed by atoms with Crippen LogP contribution in [0.25, 0.3) is 0 Å². The summed E-state index contributed by atoms with van der Waals surface area (Å²) >= 11 is -1.89. The van der Waals surface area contributed by atoms with Gasteiger partial charge < -0.3 is 38.6 Å². The number of allylic oxidation sites excluding steroid dienone is 5. The van der Waals surface area contributed by atoms with Gasteiger partial charge in [0.15, 0.2) is 0 Å². The van der Waals surface area contributed by atoms with Crippen LogP contribution >= 0.6 is 0 Å². The van der Waals surface area contributed by atoms with Crippen molar-refractivity contribution in [1.29, 1.82) is 0 Å². The van der Waals surface area contributed by atoms with E-state index in [-0.39, 0.29) is 42.4 Å². The third-order valence-electron chi connectivity index (χ3n) is 12.7. The minimum atomic E-state index is -1.89. The van der Waals surface area contributed by atoms with Crippen molar-refractivity contribution in [3.05, 3.63) is 71.9 Å².